The molecule has 0 unspecified atom stereocenters. The van der Waals surface area contributed by atoms with Crippen LogP contribution in [0.4, 0.5) is 23.7 Å². The first-order valence-corrected chi connectivity index (χ1v) is 7.46. The lowest BCUT2D eigenvalue weighted by molar-refractivity contribution is -0.0384. The van der Waals surface area contributed by atoms with E-state index >= 15 is 0 Å². The quantitative estimate of drug-likeness (QED) is 0.868. The summed E-state index contributed by atoms with van der Waals surface area (Å²) in [5.41, 5.74) is -4.56. The Hall–Kier alpha value is -2.08. The Labute approximate surface area is 128 Å². The number of rotatable bonds is 5. The second-order valence-corrected chi connectivity index (χ2v) is 5.78. The van der Waals surface area contributed by atoms with Crippen molar-refractivity contribution < 1.29 is 22.2 Å². The van der Waals surface area contributed by atoms with Crippen LogP contribution in [0.15, 0.2) is 29.2 Å². The summed E-state index contributed by atoms with van der Waals surface area (Å²) in [6.07, 6.45) is 0.734. The molecule has 0 aliphatic rings. The number of carbonyl (C=O) groups is 1. The number of carbonyl (C=O) groups excluding carboxylic acids is 1. The SMILES string of the molecule is CC[C@@H](CC#N)NC(=O)Nc1ccc([S@](=O)C(F)(F)F)cc1. The Morgan fingerprint density at radius 3 is 2.41 bits per heavy atom. The van der Waals surface area contributed by atoms with Gasteiger partial charge >= 0.3 is 11.5 Å². The highest BCUT2D eigenvalue weighted by molar-refractivity contribution is 7.86. The van der Waals surface area contributed by atoms with E-state index in [0.717, 1.165) is 12.1 Å². The second kappa shape index (κ2) is 7.79. The minimum atomic E-state index is -4.82. The molecule has 0 radical (unpaired) electrons. The van der Waals surface area contributed by atoms with Gasteiger partial charge in [-0.15, -0.1) is 0 Å². The number of nitrogens with one attached hydrogen (secondary N) is 2. The van der Waals surface area contributed by atoms with Gasteiger partial charge in [-0.3, -0.25) is 0 Å². The number of nitriles is 1. The zero-order valence-corrected chi connectivity index (χ0v) is 12.4. The minimum Gasteiger partial charge on any atom is -0.334 e. The average Bonchev–Trinajstić information content (AvgIpc) is 2.45. The molecule has 2 atom stereocenters. The normalized spacial score (nSPS) is 13.8. The van der Waals surface area contributed by atoms with Gasteiger partial charge in [-0.2, -0.15) is 18.4 Å². The van der Waals surface area contributed by atoms with E-state index in [1.807, 2.05) is 13.0 Å². The highest BCUT2D eigenvalue weighted by atomic mass is 32.2. The van der Waals surface area contributed by atoms with Gasteiger partial charge in [0.1, 0.15) is 0 Å². The lowest BCUT2D eigenvalue weighted by atomic mass is 10.2. The Morgan fingerprint density at radius 1 is 1.36 bits per heavy atom. The molecule has 5 nitrogen and oxygen atoms in total. The third kappa shape index (κ3) is 5.37. The summed E-state index contributed by atoms with van der Waals surface area (Å²) in [5, 5.41) is 13.6. The molecule has 0 saturated carbocycles. The van der Waals surface area contributed by atoms with Gasteiger partial charge in [-0.05, 0) is 30.7 Å². The molecule has 0 spiro atoms. The molecular weight excluding hydrogens is 319 g/mol. The largest absolute Gasteiger partial charge is 0.475 e. The van der Waals surface area contributed by atoms with E-state index in [1.54, 1.807) is 0 Å². The maximum Gasteiger partial charge on any atom is 0.475 e. The molecule has 0 aromatic heterocycles. The van der Waals surface area contributed by atoms with Gasteiger partial charge in [0.2, 0.25) is 0 Å². The fourth-order valence-corrected chi connectivity index (χ4v) is 2.21. The molecule has 0 aliphatic carbocycles. The summed E-state index contributed by atoms with van der Waals surface area (Å²) in [7, 11) is -3.10. The lowest BCUT2D eigenvalue weighted by Crippen LogP contribution is -2.37. The van der Waals surface area contributed by atoms with Gasteiger partial charge in [0.05, 0.1) is 12.5 Å². The lowest BCUT2D eigenvalue weighted by Gasteiger charge is -2.14. The zero-order valence-electron chi connectivity index (χ0n) is 11.6. The van der Waals surface area contributed by atoms with Gasteiger partial charge in [0.15, 0.2) is 10.8 Å². The smallest absolute Gasteiger partial charge is 0.334 e. The molecule has 1 rings (SSSR count). The zero-order chi connectivity index (χ0) is 16.8. The summed E-state index contributed by atoms with van der Waals surface area (Å²) in [4.78, 5) is 11.3. The predicted molar refractivity (Wildman–Crippen MR) is 75.4 cm³/mol. The number of anilines is 1. The Morgan fingerprint density at radius 2 is 1.95 bits per heavy atom. The Bertz CT molecular complexity index is 582. The highest BCUT2D eigenvalue weighted by Crippen LogP contribution is 2.26. The minimum absolute atomic E-state index is 0.160. The second-order valence-electron chi connectivity index (χ2n) is 4.30. The van der Waals surface area contributed by atoms with Crippen molar-refractivity contribution in [3.63, 3.8) is 0 Å². The third-order valence-corrected chi connectivity index (χ3v) is 3.82. The maximum atomic E-state index is 12.3. The monoisotopic (exact) mass is 333 g/mol. The average molecular weight is 333 g/mol. The Kier molecular flexibility index (Phi) is 6.37. The first-order valence-electron chi connectivity index (χ1n) is 6.31. The molecule has 2 amide bonds. The van der Waals surface area contributed by atoms with Crippen molar-refractivity contribution in [1.29, 1.82) is 5.26 Å². The number of amides is 2. The number of benzene rings is 1. The van der Waals surface area contributed by atoms with Crippen LogP contribution in [-0.2, 0) is 10.8 Å². The predicted octanol–water partition coefficient (Wildman–Crippen LogP) is 3.13. The summed E-state index contributed by atoms with van der Waals surface area (Å²) >= 11 is 0. The van der Waals surface area contributed by atoms with E-state index < -0.39 is 27.2 Å². The third-order valence-electron chi connectivity index (χ3n) is 2.70. The van der Waals surface area contributed by atoms with E-state index in [4.69, 9.17) is 5.26 Å². The van der Waals surface area contributed by atoms with Crippen LogP contribution >= 0.6 is 0 Å². The van der Waals surface area contributed by atoms with Crippen molar-refractivity contribution >= 4 is 22.5 Å². The molecule has 120 valence electrons. The van der Waals surface area contributed by atoms with Crippen LogP contribution in [0.5, 0.6) is 0 Å². The summed E-state index contributed by atoms with van der Waals surface area (Å²) < 4.78 is 48.0. The summed E-state index contributed by atoms with van der Waals surface area (Å²) in [5.74, 6) is 0. The molecule has 0 aliphatic heterocycles. The van der Waals surface area contributed by atoms with E-state index in [2.05, 4.69) is 10.6 Å². The fraction of sp³-hybridized carbons (Fsp3) is 0.385. The van der Waals surface area contributed by atoms with Gasteiger partial charge in [0, 0.05) is 16.6 Å². The maximum absolute atomic E-state index is 12.3. The van der Waals surface area contributed by atoms with Crippen LogP contribution < -0.4 is 10.6 Å². The highest BCUT2D eigenvalue weighted by Gasteiger charge is 2.37. The first-order chi connectivity index (χ1) is 10.3. The van der Waals surface area contributed by atoms with E-state index in [0.29, 0.717) is 6.42 Å². The topological polar surface area (TPSA) is 82.0 Å². The van der Waals surface area contributed by atoms with Crippen molar-refractivity contribution in [1.82, 2.24) is 5.32 Å². The molecule has 0 bridgehead atoms. The van der Waals surface area contributed by atoms with Crippen LogP contribution in [0.3, 0.4) is 0 Å². The molecular formula is C13H14F3N3O2S. The van der Waals surface area contributed by atoms with Crippen molar-refractivity contribution in [2.24, 2.45) is 0 Å². The number of alkyl halides is 3. The molecule has 0 fully saturated rings. The number of urea groups is 1. The van der Waals surface area contributed by atoms with Crippen molar-refractivity contribution in [3.8, 4) is 6.07 Å². The van der Waals surface area contributed by atoms with E-state index in [-0.39, 0.29) is 18.2 Å². The number of nitrogens with zero attached hydrogens (tertiary/aromatic N) is 1. The van der Waals surface area contributed by atoms with Crippen LogP contribution in [0, 0.1) is 11.3 Å². The molecule has 1 aromatic carbocycles. The van der Waals surface area contributed by atoms with Gasteiger partial charge < -0.3 is 10.6 Å². The fourth-order valence-electron chi connectivity index (χ4n) is 1.56. The number of halogens is 3. The molecule has 1 aromatic rings. The van der Waals surface area contributed by atoms with Gasteiger partial charge in [-0.25, -0.2) is 9.00 Å². The first kappa shape index (κ1) is 18.0. The van der Waals surface area contributed by atoms with Crippen LogP contribution in [-0.4, -0.2) is 21.8 Å². The molecule has 2 N–H and O–H groups in total. The van der Waals surface area contributed by atoms with Crippen molar-refractivity contribution in [2.45, 2.75) is 36.2 Å². The van der Waals surface area contributed by atoms with Gasteiger partial charge in [0.25, 0.3) is 0 Å². The standard InChI is InChI=1S/C13H14F3N3O2S/c1-2-9(7-8-17)18-12(20)19-10-3-5-11(6-4-10)22(21)13(14,15)16/h3-6,9H,2,7H2,1H3,(H2,18,19,20)/t9-,22-/m0/s1. The van der Waals surface area contributed by atoms with Crippen molar-refractivity contribution in [3.05, 3.63) is 24.3 Å². The molecule has 0 saturated heterocycles. The van der Waals surface area contributed by atoms with E-state index in [1.165, 1.54) is 12.1 Å². The number of hydrogen-bond donors (Lipinski definition) is 2. The summed E-state index contributed by atoms with van der Waals surface area (Å²) in [6.45, 7) is 1.81. The van der Waals surface area contributed by atoms with E-state index in [9.17, 15) is 22.2 Å². The van der Waals surface area contributed by atoms with Crippen LogP contribution in [0.25, 0.3) is 0 Å². The molecule has 9 heteroatoms. The van der Waals surface area contributed by atoms with Crippen LogP contribution in [0.2, 0.25) is 0 Å². The van der Waals surface area contributed by atoms with Crippen molar-refractivity contribution in [2.75, 3.05) is 5.32 Å². The Balaban J connectivity index is 2.67. The van der Waals surface area contributed by atoms with Crippen LogP contribution in [0.1, 0.15) is 19.8 Å². The molecule has 22 heavy (non-hydrogen) atoms. The number of hydrogen-bond acceptors (Lipinski definition) is 3. The van der Waals surface area contributed by atoms with Gasteiger partial charge in [-0.1, -0.05) is 6.92 Å². The summed E-state index contributed by atoms with van der Waals surface area (Å²) in [6, 6.07) is 5.59. The molecule has 0 heterocycles.